The van der Waals surface area contributed by atoms with Crippen molar-refractivity contribution < 1.29 is 0 Å². The lowest BCUT2D eigenvalue weighted by Gasteiger charge is -2.06. The molecule has 2 aromatic heterocycles. The van der Waals surface area contributed by atoms with E-state index in [1.807, 2.05) is 13.0 Å². The first-order chi connectivity index (χ1) is 9.16. The zero-order valence-electron chi connectivity index (χ0n) is 10.3. The summed E-state index contributed by atoms with van der Waals surface area (Å²) in [6, 6.07) is 8.70. The van der Waals surface area contributed by atoms with E-state index in [4.69, 9.17) is 0 Å². The molecule has 5 nitrogen and oxygen atoms in total. The van der Waals surface area contributed by atoms with Crippen LogP contribution >= 0.6 is 0 Å². The van der Waals surface area contributed by atoms with Gasteiger partial charge in [0.25, 0.3) is 5.56 Å². The number of aromatic nitrogens is 3. The molecule has 0 radical (unpaired) electrons. The second-order valence-corrected chi connectivity index (χ2v) is 4.33. The van der Waals surface area contributed by atoms with Gasteiger partial charge in [0.05, 0.1) is 22.8 Å². The van der Waals surface area contributed by atoms with E-state index in [0.29, 0.717) is 16.6 Å². The first-order valence-electron chi connectivity index (χ1n) is 5.83. The van der Waals surface area contributed by atoms with Crippen LogP contribution in [0.25, 0.3) is 16.6 Å². The Morgan fingerprint density at radius 3 is 2.79 bits per heavy atom. The van der Waals surface area contributed by atoms with Crippen LogP contribution in [-0.2, 0) is 0 Å². The number of aryl methyl sites for hydroxylation is 1. The molecule has 94 valence electrons. The minimum atomic E-state index is -0.462. The molecule has 0 atom stereocenters. The van der Waals surface area contributed by atoms with E-state index in [-0.39, 0.29) is 5.56 Å². The molecule has 0 aliphatic carbocycles. The summed E-state index contributed by atoms with van der Waals surface area (Å²) in [7, 11) is 0. The number of nitrogens with one attached hydrogen (secondary N) is 1. The third-order valence-corrected chi connectivity index (χ3v) is 2.96. The third kappa shape index (κ3) is 1.85. The molecule has 0 saturated carbocycles. The summed E-state index contributed by atoms with van der Waals surface area (Å²) in [5.74, 6) is 0. The Morgan fingerprint density at radius 1 is 1.21 bits per heavy atom. The Kier molecular flexibility index (Phi) is 2.52. The zero-order valence-corrected chi connectivity index (χ0v) is 10.3. The number of pyridine rings is 1. The molecular weight excluding hydrogens is 242 g/mol. The van der Waals surface area contributed by atoms with Gasteiger partial charge in [0.2, 0.25) is 0 Å². The van der Waals surface area contributed by atoms with Gasteiger partial charge in [-0.25, -0.2) is 9.36 Å². The van der Waals surface area contributed by atoms with E-state index < -0.39 is 5.69 Å². The number of benzene rings is 1. The van der Waals surface area contributed by atoms with Gasteiger partial charge in [-0.3, -0.25) is 9.78 Å². The predicted molar refractivity (Wildman–Crippen MR) is 72.7 cm³/mol. The molecule has 3 aromatic rings. The van der Waals surface area contributed by atoms with Gasteiger partial charge in [0, 0.05) is 6.20 Å². The van der Waals surface area contributed by atoms with Crippen molar-refractivity contribution in [1.29, 1.82) is 0 Å². The lowest BCUT2D eigenvalue weighted by atomic mass is 10.2. The van der Waals surface area contributed by atoms with Gasteiger partial charge in [-0.15, -0.1) is 0 Å². The first kappa shape index (κ1) is 11.4. The van der Waals surface area contributed by atoms with Gasteiger partial charge in [0.1, 0.15) is 0 Å². The Hall–Kier alpha value is -2.69. The van der Waals surface area contributed by atoms with Crippen LogP contribution in [0.1, 0.15) is 5.56 Å². The van der Waals surface area contributed by atoms with Crippen LogP contribution in [0, 0.1) is 6.92 Å². The highest BCUT2D eigenvalue weighted by Gasteiger charge is 2.09. The molecule has 19 heavy (non-hydrogen) atoms. The molecule has 1 aromatic carbocycles. The van der Waals surface area contributed by atoms with Crippen molar-refractivity contribution in [2.24, 2.45) is 0 Å². The van der Waals surface area contributed by atoms with E-state index >= 15 is 0 Å². The smallest absolute Gasteiger partial charge is 0.306 e. The van der Waals surface area contributed by atoms with Crippen molar-refractivity contribution in [3.63, 3.8) is 0 Å². The number of hydrogen-bond acceptors (Lipinski definition) is 3. The van der Waals surface area contributed by atoms with Crippen molar-refractivity contribution >= 4 is 10.9 Å². The van der Waals surface area contributed by atoms with Crippen molar-refractivity contribution in [3.05, 3.63) is 69.1 Å². The van der Waals surface area contributed by atoms with E-state index in [2.05, 4.69) is 9.97 Å². The topological polar surface area (TPSA) is 67.8 Å². The van der Waals surface area contributed by atoms with Gasteiger partial charge < -0.3 is 4.98 Å². The maximum atomic E-state index is 12.4. The van der Waals surface area contributed by atoms with E-state index in [1.54, 1.807) is 30.5 Å². The molecule has 3 rings (SSSR count). The summed E-state index contributed by atoms with van der Waals surface area (Å²) in [6.45, 7) is 1.91. The summed E-state index contributed by atoms with van der Waals surface area (Å²) < 4.78 is 1.09. The fraction of sp³-hybridized carbons (Fsp3) is 0.0714. The molecule has 0 bridgehead atoms. The van der Waals surface area contributed by atoms with Gasteiger partial charge in [-0.05, 0) is 36.8 Å². The number of nitrogens with zero attached hydrogens (tertiary/aromatic N) is 2. The summed E-state index contributed by atoms with van der Waals surface area (Å²) in [5.41, 5.74) is 1.19. The van der Waals surface area contributed by atoms with Crippen LogP contribution in [0.2, 0.25) is 0 Å². The fourth-order valence-electron chi connectivity index (χ4n) is 2.05. The standard InChI is InChI=1S/C14H11N3O2/c1-9-4-5-11-12(7-9)16-14(19)17(13(11)18)10-3-2-6-15-8-10/h2-8H,1H3,(H,16,19). The first-order valence-corrected chi connectivity index (χ1v) is 5.83. The van der Waals surface area contributed by atoms with E-state index in [9.17, 15) is 9.59 Å². The van der Waals surface area contributed by atoms with Crippen LogP contribution < -0.4 is 11.2 Å². The summed E-state index contributed by atoms with van der Waals surface area (Å²) >= 11 is 0. The van der Waals surface area contributed by atoms with Crippen LogP contribution in [0.5, 0.6) is 0 Å². The number of fused-ring (bicyclic) bond motifs is 1. The van der Waals surface area contributed by atoms with Crippen molar-refractivity contribution in [2.75, 3.05) is 0 Å². The quantitative estimate of drug-likeness (QED) is 0.712. The lowest BCUT2D eigenvalue weighted by Crippen LogP contribution is -2.33. The maximum absolute atomic E-state index is 12.4. The highest BCUT2D eigenvalue weighted by Crippen LogP contribution is 2.09. The van der Waals surface area contributed by atoms with Gasteiger partial charge in [-0.2, -0.15) is 0 Å². The van der Waals surface area contributed by atoms with Gasteiger partial charge >= 0.3 is 5.69 Å². The molecular formula is C14H11N3O2. The average molecular weight is 253 g/mol. The van der Waals surface area contributed by atoms with Crippen molar-refractivity contribution in [2.45, 2.75) is 6.92 Å². The van der Waals surface area contributed by atoms with Crippen molar-refractivity contribution in [1.82, 2.24) is 14.5 Å². The molecule has 0 fully saturated rings. The Bertz CT molecular complexity index is 863. The molecule has 0 spiro atoms. The number of rotatable bonds is 1. The number of aromatic amines is 1. The number of H-pyrrole nitrogens is 1. The lowest BCUT2D eigenvalue weighted by molar-refractivity contribution is 0.894. The Morgan fingerprint density at radius 2 is 2.05 bits per heavy atom. The molecule has 0 unspecified atom stereocenters. The van der Waals surface area contributed by atoms with Gasteiger partial charge in [-0.1, -0.05) is 6.07 Å². The largest absolute Gasteiger partial charge is 0.333 e. The predicted octanol–water partition coefficient (Wildman–Crippen LogP) is 1.38. The number of hydrogen-bond donors (Lipinski definition) is 1. The molecule has 0 amide bonds. The Labute approximate surface area is 108 Å². The second kappa shape index (κ2) is 4.20. The minimum absolute atomic E-state index is 0.341. The van der Waals surface area contributed by atoms with E-state index in [1.165, 1.54) is 6.20 Å². The monoisotopic (exact) mass is 253 g/mol. The SMILES string of the molecule is Cc1ccc2c(=O)n(-c3cccnc3)c(=O)[nH]c2c1. The van der Waals surface area contributed by atoms with Crippen LogP contribution in [0.15, 0.2) is 52.3 Å². The Balaban J connectivity index is 2.43. The molecule has 5 heteroatoms. The van der Waals surface area contributed by atoms with Crippen LogP contribution in [0.3, 0.4) is 0 Å². The summed E-state index contributed by atoms with van der Waals surface area (Å²) in [4.78, 5) is 31.1. The van der Waals surface area contributed by atoms with E-state index in [0.717, 1.165) is 10.1 Å². The molecule has 0 saturated heterocycles. The van der Waals surface area contributed by atoms with Gasteiger partial charge in [0.15, 0.2) is 0 Å². The average Bonchev–Trinajstić information content (AvgIpc) is 2.39. The fourth-order valence-corrected chi connectivity index (χ4v) is 2.05. The van der Waals surface area contributed by atoms with Crippen molar-refractivity contribution in [3.8, 4) is 5.69 Å². The zero-order chi connectivity index (χ0) is 13.4. The summed E-state index contributed by atoms with van der Waals surface area (Å²) in [6.07, 6.45) is 3.07. The maximum Gasteiger partial charge on any atom is 0.333 e. The highest BCUT2D eigenvalue weighted by molar-refractivity contribution is 5.78. The second-order valence-electron chi connectivity index (χ2n) is 4.33. The minimum Gasteiger partial charge on any atom is -0.306 e. The molecule has 0 aliphatic heterocycles. The molecule has 2 heterocycles. The highest BCUT2D eigenvalue weighted by atomic mass is 16.2. The van der Waals surface area contributed by atoms with Crippen LogP contribution in [0.4, 0.5) is 0 Å². The third-order valence-electron chi connectivity index (χ3n) is 2.96. The van der Waals surface area contributed by atoms with Crippen LogP contribution in [-0.4, -0.2) is 14.5 Å². The normalized spacial score (nSPS) is 10.8. The molecule has 0 aliphatic rings. The molecule has 1 N–H and O–H groups in total. The summed E-state index contributed by atoms with van der Waals surface area (Å²) in [5, 5.41) is 0.481.